The number of carbonyl (C=O) groups excluding carboxylic acids is 1. The maximum Gasteiger partial charge on any atom is 0.274 e. The van der Waals surface area contributed by atoms with Gasteiger partial charge in [-0.1, -0.05) is 11.6 Å². The number of piperazine rings is 1. The van der Waals surface area contributed by atoms with Crippen LogP contribution in [0.15, 0.2) is 17.7 Å². The van der Waals surface area contributed by atoms with E-state index in [0.717, 1.165) is 12.2 Å². The average Bonchev–Trinajstić information content (AvgIpc) is 3.06. The molecule has 24 heavy (non-hydrogen) atoms. The van der Waals surface area contributed by atoms with Crippen LogP contribution < -0.4 is 0 Å². The molecule has 132 valence electrons. The van der Waals surface area contributed by atoms with Gasteiger partial charge in [-0.3, -0.25) is 14.8 Å². The number of aromatic amines is 1. The highest BCUT2D eigenvalue weighted by Crippen LogP contribution is 2.28. The number of amides is 1. The van der Waals surface area contributed by atoms with Crippen molar-refractivity contribution >= 4 is 15.7 Å². The molecule has 1 amide bonds. The first-order valence-corrected chi connectivity index (χ1v) is 10.00. The van der Waals surface area contributed by atoms with Gasteiger partial charge in [0, 0.05) is 31.4 Å². The highest BCUT2D eigenvalue weighted by Gasteiger charge is 2.48. The van der Waals surface area contributed by atoms with Gasteiger partial charge in [0.2, 0.25) is 0 Å². The van der Waals surface area contributed by atoms with Crippen LogP contribution in [0.5, 0.6) is 0 Å². The normalized spacial score (nSPS) is 26.2. The summed E-state index contributed by atoms with van der Waals surface area (Å²) >= 11 is 0. The van der Waals surface area contributed by atoms with Gasteiger partial charge in [0.15, 0.2) is 9.84 Å². The number of sulfone groups is 1. The van der Waals surface area contributed by atoms with Crippen LogP contribution >= 0.6 is 0 Å². The van der Waals surface area contributed by atoms with Crippen molar-refractivity contribution in [3.05, 3.63) is 29.1 Å². The molecule has 0 spiro atoms. The van der Waals surface area contributed by atoms with E-state index in [0.29, 0.717) is 18.8 Å². The predicted molar refractivity (Wildman–Crippen MR) is 91.6 cm³/mol. The van der Waals surface area contributed by atoms with Gasteiger partial charge in [-0.05, 0) is 26.8 Å². The van der Waals surface area contributed by atoms with Crippen LogP contribution in [0.4, 0.5) is 0 Å². The molecular formula is C16H24N4O3S. The van der Waals surface area contributed by atoms with Crippen molar-refractivity contribution in [2.45, 2.75) is 32.9 Å². The molecule has 1 aromatic rings. The number of H-pyrrole nitrogens is 1. The zero-order valence-electron chi connectivity index (χ0n) is 14.3. The molecule has 0 bridgehead atoms. The lowest BCUT2D eigenvalue weighted by Gasteiger charge is -2.43. The molecule has 2 aliphatic heterocycles. The second-order valence-corrected chi connectivity index (χ2v) is 9.08. The molecule has 3 rings (SSSR count). The molecule has 1 N–H and O–H groups in total. The number of carbonyl (C=O) groups is 1. The Hall–Kier alpha value is -1.67. The quantitative estimate of drug-likeness (QED) is 0.806. The summed E-state index contributed by atoms with van der Waals surface area (Å²) in [7, 11) is -3.13. The number of rotatable bonds is 3. The fourth-order valence-electron chi connectivity index (χ4n) is 3.48. The van der Waals surface area contributed by atoms with E-state index in [2.05, 4.69) is 21.2 Å². The lowest BCUT2D eigenvalue weighted by Crippen LogP contribution is -2.60. The first-order valence-electron chi connectivity index (χ1n) is 8.17. The van der Waals surface area contributed by atoms with Crippen molar-refractivity contribution in [1.82, 2.24) is 20.0 Å². The van der Waals surface area contributed by atoms with E-state index in [-0.39, 0.29) is 29.5 Å². The first kappa shape index (κ1) is 17.2. The molecule has 2 aliphatic rings. The number of hydrogen-bond acceptors (Lipinski definition) is 5. The summed E-state index contributed by atoms with van der Waals surface area (Å²) in [6.45, 7) is 7.82. The Bertz CT molecular complexity index is 764. The number of hydrogen-bond donors (Lipinski definition) is 1. The molecule has 0 unspecified atom stereocenters. The number of aromatic nitrogens is 2. The summed E-state index contributed by atoms with van der Waals surface area (Å²) in [5, 5.41) is 6.80. The smallest absolute Gasteiger partial charge is 0.274 e. The van der Waals surface area contributed by atoms with Gasteiger partial charge in [0.05, 0.1) is 17.5 Å². The largest absolute Gasteiger partial charge is 0.330 e. The summed E-state index contributed by atoms with van der Waals surface area (Å²) in [4.78, 5) is 16.6. The third kappa shape index (κ3) is 3.39. The van der Waals surface area contributed by atoms with Crippen molar-refractivity contribution in [1.29, 1.82) is 0 Å². The van der Waals surface area contributed by atoms with E-state index >= 15 is 0 Å². The van der Waals surface area contributed by atoms with Gasteiger partial charge in [0.25, 0.3) is 5.91 Å². The van der Waals surface area contributed by atoms with Gasteiger partial charge < -0.3 is 4.90 Å². The zero-order chi connectivity index (χ0) is 17.5. The van der Waals surface area contributed by atoms with E-state index in [4.69, 9.17) is 0 Å². The Morgan fingerprint density at radius 2 is 2.04 bits per heavy atom. The summed E-state index contributed by atoms with van der Waals surface area (Å²) in [6.07, 6.45) is 2.11. The van der Waals surface area contributed by atoms with Crippen molar-refractivity contribution < 1.29 is 13.2 Å². The molecule has 0 radical (unpaired) electrons. The van der Waals surface area contributed by atoms with Crippen molar-refractivity contribution in [3.63, 3.8) is 0 Å². The van der Waals surface area contributed by atoms with Crippen LogP contribution in [0, 0.1) is 6.92 Å². The number of aryl methyl sites for hydroxylation is 1. The number of nitrogens with zero attached hydrogens (tertiary/aromatic N) is 3. The highest BCUT2D eigenvalue weighted by atomic mass is 32.2. The molecule has 0 aliphatic carbocycles. The lowest BCUT2D eigenvalue weighted by atomic mass is 10.0. The van der Waals surface area contributed by atoms with Crippen molar-refractivity contribution in [3.8, 4) is 0 Å². The molecule has 0 aromatic carbocycles. The predicted octanol–water partition coefficient (Wildman–Crippen LogP) is 0.608. The summed E-state index contributed by atoms with van der Waals surface area (Å²) < 4.78 is 24.4. The fraction of sp³-hybridized carbons (Fsp3) is 0.625. The van der Waals surface area contributed by atoms with Crippen LogP contribution in [0.2, 0.25) is 0 Å². The fourth-order valence-corrected chi connectivity index (χ4v) is 5.49. The van der Waals surface area contributed by atoms with Crippen LogP contribution in [0.1, 0.15) is 30.0 Å². The molecule has 2 atom stereocenters. The Morgan fingerprint density at radius 1 is 1.33 bits per heavy atom. The molecule has 8 heteroatoms. The number of fused-ring (bicyclic) bond motifs is 1. The Morgan fingerprint density at radius 3 is 2.67 bits per heavy atom. The summed E-state index contributed by atoms with van der Waals surface area (Å²) in [6, 6.07) is 1.28. The van der Waals surface area contributed by atoms with Crippen LogP contribution in [-0.2, 0) is 9.84 Å². The third-order valence-electron chi connectivity index (χ3n) is 4.71. The minimum atomic E-state index is -3.13. The lowest BCUT2D eigenvalue weighted by molar-refractivity contribution is 0.0363. The van der Waals surface area contributed by atoms with Crippen molar-refractivity contribution in [2.75, 3.05) is 31.1 Å². The highest BCUT2D eigenvalue weighted by molar-refractivity contribution is 7.91. The van der Waals surface area contributed by atoms with Crippen LogP contribution in [-0.4, -0.2) is 77.5 Å². The van der Waals surface area contributed by atoms with Crippen LogP contribution in [0.3, 0.4) is 0 Å². The molecule has 7 nitrogen and oxygen atoms in total. The monoisotopic (exact) mass is 352 g/mol. The van der Waals surface area contributed by atoms with Gasteiger partial charge >= 0.3 is 0 Å². The van der Waals surface area contributed by atoms with E-state index in [1.807, 2.05) is 20.8 Å². The van der Waals surface area contributed by atoms with Crippen molar-refractivity contribution in [2.24, 2.45) is 0 Å². The Kier molecular flexibility index (Phi) is 4.52. The molecule has 0 saturated carbocycles. The number of allylic oxidation sites excluding steroid dienone is 1. The standard InChI is InChI=1S/C16H24N4O3S/c1-11(2)4-5-19-6-7-20(15-10-24(22,23)9-14(15)19)16(21)13-8-12(3)17-18-13/h4,8,14-15H,5-7,9-10H2,1-3H3,(H,17,18)/t14-,15+/m1/s1. The van der Waals surface area contributed by atoms with Crippen LogP contribution in [0.25, 0.3) is 0 Å². The van der Waals surface area contributed by atoms with Gasteiger partial charge in [-0.2, -0.15) is 5.10 Å². The second-order valence-electron chi connectivity index (χ2n) is 6.92. The minimum Gasteiger partial charge on any atom is -0.330 e. The average molecular weight is 352 g/mol. The third-order valence-corrected chi connectivity index (χ3v) is 6.41. The second kappa shape index (κ2) is 6.33. The number of nitrogens with one attached hydrogen (secondary N) is 1. The topological polar surface area (TPSA) is 86.4 Å². The van der Waals surface area contributed by atoms with E-state index in [9.17, 15) is 13.2 Å². The van der Waals surface area contributed by atoms with Gasteiger partial charge in [-0.25, -0.2) is 8.42 Å². The minimum absolute atomic E-state index is 0.0398. The molecule has 1 aromatic heterocycles. The van der Waals surface area contributed by atoms with E-state index < -0.39 is 9.84 Å². The first-order chi connectivity index (χ1) is 11.3. The SMILES string of the molecule is CC(C)=CCN1CCN(C(=O)c2cc(C)[nH]n2)[C@H]2CS(=O)(=O)C[C@H]21. The summed E-state index contributed by atoms with van der Waals surface area (Å²) in [5.74, 6) is -0.0243. The van der Waals surface area contributed by atoms with E-state index in [1.54, 1.807) is 11.0 Å². The molecule has 3 heterocycles. The summed E-state index contributed by atoms with van der Waals surface area (Å²) in [5.41, 5.74) is 2.38. The zero-order valence-corrected chi connectivity index (χ0v) is 15.1. The molecule has 2 fully saturated rings. The molecular weight excluding hydrogens is 328 g/mol. The van der Waals surface area contributed by atoms with Gasteiger partial charge in [0.1, 0.15) is 5.69 Å². The maximum atomic E-state index is 12.8. The maximum absolute atomic E-state index is 12.8. The van der Waals surface area contributed by atoms with E-state index in [1.165, 1.54) is 5.57 Å². The Labute approximate surface area is 142 Å². The Balaban J connectivity index is 1.84. The molecule has 2 saturated heterocycles. The van der Waals surface area contributed by atoms with Gasteiger partial charge in [-0.15, -0.1) is 0 Å².